The Hall–Kier alpha value is -3.59. The molecule has 0 fully saturated rings. The van der Waals surface area contributed by atoms with E-state index in [2.05, 4.69) is 15.4 Å². The maximum Gasteiger partial charge on any atom is 0.287 e. The second kappa shape index (κ2) is 9.27. The molecule has 0 aliphatic carbocycles. The maximum atomic E-state index is 12.9. The number of benzene rings is 2. The summed E-state index contributed by atoms with van der Waals surface area (Å²) in [6, 6.07) is 17.8. The number of hydrogen-bond donors (Lipinski definition) is 3. The monoisotopic (exact) mass is 427 g/mol. The molecule has 3 N–H and O–H groups in total. The molecule has 0 aliphatic heterocycles. The van der Waals surface area contributed by atoms with Crippen molar-refractivity contribution in [1.82, 2.24) is 5.32 Å². The van der Waals surface area contributed by atoms with Crippen LogP contribution in [0.5, 0.6) is 0 Å². The van der Waals surface area contributed by atoms with E-state index in [1.54, 1.807) is 24.3 Å². The molecule has 2 amide bonds. The highest BCUT2D eigenvalue weighted by molar-refractivity contribution is 7.92. The number of amides is 2. The molecule has 0 saturated carbocycles. The minimum Gasteiger partial charge on any atom is -0.459 e. The first-order valence-corrected chi connectivity index (χ1v) is 11.0. The Morgan fingerprint density at radius 2 is 1.70 bits per heavy atom. The van der Waals surface area contributed by atoms with E-state index < -0.39 is 27.9 Å². The molecule has 0 radical (unpaired) electrons. The van der Waals surface area contributed by atoms with Gasteiger partial charge >= 0.3 is 0 Å². The van der Waals surface area contributed by atoms with Crippen LogP contribution in [-0.4, -0.2) is 32.5 Å². The van der Waals surface area contributed by atoms with Crippen LogP contribution in [0.2, 0.25) is 0 Å². The van der Waals surface area contributed by atoms with Crippen LogP contribution in [0.4, 0.5) is 11.4 Å². The van der Waals surface area contributed by atoms with E-state index in [4.69, 9.17) is 4.42 Å². The minimum absolute atomic E-state index is 0.0974. The van der Waals surface area contributed by atoms with Crippen molar-refractivity contribution in [2.45, 2.75) is 12.5 Å². The summed E-state index contributed by atoms with van der Waals surface area (Å²) < 4.78 is 30.3. The fourth-order valence-electron chi connectivity index (χ4n) is 2.80. The number of hydrogen-bond acceptors (Lipinski definition) is 5. The molecule has 0 spiro atoms. The van der Waals surface area contributed by atoms with Crippen molar-refractivity contribution in [2.24, 2.45) is 0 Å². The lowest BCUT2D eigenvalue weighted by atomic mass is 10.0. The number of carbonyl (C=O) groups excluding carboxylic acids is 2. The molecule has 3 rings (SSSR count). The number of rotatable bonds is 8. The normalized spacial score (nSPS) is 12.0. The van der Waals surface area contributed by atoms with Gasteiger partial charge in [-0.25, -0.2) is 8.42 Å². The Kier molecular flexibility index (Phi) is 6.53. The molecule has 1 heterocycles. The fraction of sp³-hybridized carbons (Fsp3) is 0.143. The van der Waals surface area contributed by atoms with Crippen LogP contribution >= 0.6 is 0 Å². The van der Waals surface area contributed by atoms with Crippen LogP contribution in [0.3, 0.4) is 0 Å². The predicted octanol–water partition coefficient (Wildman–Crippen LogP) is 2.63. The molecule has 8 nitrogen and oxygen atoms in total. The fourth-order valence-corrected chi connectivity index (χ4v) is 3.36. The predicted molar refractivity (Wildman–Crippen MR) is 114 cm³/mol. The quantitative estimate of drug-likeness (QED) is 0.511. The lowest BCUT2D eigenvalue weighted by Crippen LogP contribution is -2.45. The van der Waals surface area contributed by atoms with Gasteiger partial charge < -0.3 is 15.1 Å². The van der Waals surface area contributed by atoms with Crippen LogP contribution in [0.15, 0.2) is 77.4 Å². The molecule has 1 unspecified atom stereocenters. The zero-order valence-corrected chi connectivity index (χ0v) is 17.0. The summed E-state index contributed by atoms with van der Waals surface area (Å²) >= 11 is 0. The first-order chi connectivity index (χ1) is 14.3. The van der Waals surface area contributed by atoms with Gasteiger partial charge in [0.1, 0.15) is 6.04 Å². The van der Waals surface area contributed by atoms with Gasteiger partial charge in [-0.3, -0.25) is 14.3 Å². The highest BCUT2D eigenvalue weighted by Gasteiger charge is 2.23. The average Bonchev–Trinajstić information content (AvgIpc) is 3.22. The third kappa shape index (κ3) is 6.21. The van der Waals surface area contributed by atoms with Crippen LogP contribution in [0.25, 0.3) is 0 Å². The summed E-state index contributed by atoms with van der Waals surface area (Å²) in [7, 11) is -3.45. The number of nitrogens with one attached hydrogen (secondary N) is 3. The second-order valence-corrected chi connectivity index (χ2v) is 8.39. The average molecular weight is 427 g/mol. The Balaban J connectivity index is 1.77. The van der Waals surface area contributed by atoms with E-state index in [1.165, 1.54) is 18.4 Å². The van der Waals surface area contributed by atoms with Crippen molar-refractivity contribution in [3.05, 3.63) is 84.3 Å². The van der Waals surface area contributed by atoms with Crippen LogP contribution < -0.4 is 15.4 Å². The van der Waals surface area contributed by atoms with Gasteiger partial charge in [-0.05, 0) is 35.9 Å². The summed E-state index contributed by atoms with van der Waals surface area (Å²) in [5.74, 6) is -0.862. The summed E-state index contributed by atoms with van der Waals surface area (Å²) in [6.07, 6.45) is 2.68. The largest absolute Gasteiger partial charge is 0.459 e. The zero-order valence-electron chi connectivity index (χ0n) is 16.2. The first kappa shape index (κ1) is 21.1. The molecule has 3 aromatic rings. The third-order valence-electron chi connectivity index (χ3n) is 4.08. The molecule has 0 bridgehead atoms. The molecule has 30 heavy (non-hydrogen) atoms. The van der Waals surface area contributed by atoms with Crippen molar-refractivity contribution < 1.29 is 22.4 Å². The molecular formula is C21H21N3O5S. The number of anilines is 2. The zero-order chi connectivity index (χ0) is 21.6. The first-order valence-electron chi connectivity index (χ1n) is 9.07. The third-order valence-corrected chi connectivity index (χ3v) is 4.69. The summed E-state index contributed by atoms with van der Waals surface area (Å²) in [5, 5.41) is 5.40. The van der Waals surface area contributed by atoms with Crippen molar-refractivity contribution in [2.75, 3.05) is 16.3 Å². The highest BCUT2D eigenvalue weighted by Crippen LogP contribution is 2.17. The van der Waals surface area contributed by atoms with E-state index in [0.717, 1.165) is 11.8 Å². The summed E-state index contributed by atoms with van der Waals surface area (Å²) in [4.78, 5) is 25.3. The van der Waals surface area contributed by atoms with Gasteiger partial charge in [0.2, 0.25) is 15.9 Å². The van der Waals surface area contributed by atoms with E-state index in [9.17, 15) is 18.0 Å². The van der Waals surface area contributed by atoms with Gasteiger partial charge in [-0.1, -0.05) is 36.4 Å². The molecule has 1 atom stereocenters. The smallest absolute Gasteiger partial charge is 0.287 e. The molecule has 1 aromatic heterocycles. The van der Waals surface area contributed by atoms with E-state index >= 15 is 0 Å². The van der Waals surface area contributed by atoms with Crippen molar-refractivity contribution in [1.29, 1.82) is 0 Å². The molecular weight excluding hydrogens is 406 g/mol. The van der Waals surface area contributed by atoms with E-state index in [-0.39, 0.29) is 12.2 Å². The lowest BCUT2D eigenvalue weighted by molar-refractivity contribution is -0.118. The van der Waals surface area contributed by atoms with Crippen molar-refractivity contribution >= 4 is 33.2 Å². The van der Waals surface area contributed by atoms with Crippen molar-refractivity contribution in [3.63, 3.8) is 0 Å². The van der Waals surface area contributed by atoms with E-state index in [1.807, 2.05) is 30.3 Å². The lowest BCUT2D eigenvalue weighted by Gasteiger charge is -2.18. The van der Waals surface area contributed by atoms with Crippen LogP contribution in [-0.2, 0) is 21.2 Å². The molecule has 156 valence electrons. The molecule has 2 aromatic carbocycles. The number of furan rings is 1. The van der Waals surface area contributed by atoms with Crippen LogP contribution in [0.1, 0.15) is 16.1 Å². The Bertz CT molecular complexity index is 1110. The standard InChI is InChI=1S/C21H21N3O5S/c1-30(27,28)24-17-10-5-9-16(14-17)22-20(25)18(13-15-7-3-2-4-8-15)23-21(26)19-11-6-12-29-19/h2-12,14,18,24H,13H2,1H3,(H,22,25)(H,23,26). The van der Waals surface area contributed by atoms with Gasteiger partial charge in [-0.2, -0.15) is 0 Å². The van der Waals surface area contributed by atoms with Gasteiger partial charge in [0.25, 0.3) is 5.91 Å². The Morgan fingerprint density at radius 1 is 0.967 bits per heavy atom. The maximum absolute atomic E-state index is 12.9. The highest BCUT2D eigenvalue weighted by atomic mass is 32.2. The molecule has 0 aliphatic rings. The van der Waals surface area contributed by atoms with Gasteiger partial charge in [0.15, 0.2) is 5.76 Å². The van der Waals surface area contributed by atoms with Crippen molar-refractivity contribution in [3.8, 4) is 0 Å². The summed E-state index contributed by atoms with van der Waals surface area (Å²) in [6.45, 7) is 0. The van der Waals surface area contributed by atoms with Crippen LogP contribution in [0, 0.1) is 0 Å². The number of sulfonamides is 1. The number of carbonyl (C=O) groups is 2. The SMILES string of the molecule is CS(=O)(=O)Nc1cccc(NC(=O)C(Cc2ccccc2)NC(=O)c2ccco2)c1. The van der Waals surface area contributed by atoms with Gasteiger partial charge in [0.05, 0.1) is 18.2 Å². The van der Waals surface area contributed by atoms with E-state index in [0.29, 0.717) is 11.4 Å². The summed E-state index contributed by atoms with van der Waals surface area (Å²) in [5.41, 5.74) is 1.57. The Labute approximate surface area is 174 Å². The molecule has 9 heteroatoms. The second-order valence-electron chi connectivity index (χ2n) is 6.64. The molecule has 0 saturated heterocycles. The van der Waals surface area contributed by atoms with Gasteiger partial charge in [-0.15, -0.1) is 0 Å². The minimum atomic E-state index is -3.45. The topological polar surface area (TPSA) is 118 Å². The van der Waals surface area contributed by atoms with Gasteiger partial charge in [0, 0.05) is 12.1 Å². The Morgan fingerprint density at radius 3 is 2.37 bits per heavy atom.